The summed E-state index contributed by atoms with van der Waals surface area (Å²) in [6.07, 6.45) is 4.68. The van der Waals surface area contributed by atoms with Crippen molar-refractivity contribution in [3.05, 3.63) is 64.5 Å². The fourth-order valence-corrected chi connectivity index (χ4v) is 4.38. The third-order valence-electron chi connectivity index (χ3n) is 5.67. The molecule has 0 spiro atoms. The highest BCUT2D eigenvalue weighted by Crippen LogP contribution is 2.28. The van der Waals surface area contributed by atoms with E-state index in [9.17, 15) is 14.0 Å². The minimum absolute atomic E-state index is 0.0331. The monoisotopic (exact) mass is 437 g/mol. The van der Waals surface area contributed by atoms with Crippen LogP contribution in [0.25, 0.3) is 6.08 Å². The lowest BCUT2D eigenvalue weighted by molar-refractivity contribution is -0.122. The smallest absolute Gasteiger partial charge is 0.270 e. The molecule has 1 N–H and O–H groups in total. The van der Waals surface area contributed by atoms with Gasteiger partial charge in [-0.2, -0.15) is 0 Å². The molecule has 2 fully saturated rings. The molecule has 4 rings (SSSR count). The van der Waals surface area contributed by atoms with Crippen LogP contribution in [0.3, 0.4) is 0 Å². The van der Waals surface area contributed by atoms with Gasteiger partial charge in [0.2, 0.25) is 0 Å². The number of aryl methyl sites for hydroxylation is 2. The number of hydrogen-bond donors (Lipinski definition) is 1. The summed E-state index contributed by atoms with van der Waals surface area (Å²) in [5.74, 6) is -1.47. The number of piperidine rings is 1. The van der Waals surface area contributed by atoms with Crippen LogP contribution < -0.4 is 15.1 Å². The second-order valence-electron chi connectivity index (χ2n) is 8.01. The zero-order chi connectivity index (χ0) is 22.1. The highest BCUT2D eigenvalue weighted by Gasteiger charge is 2.35. The van der Waals surface area contributed by atoms with Gasteiger partial charge < -0.3 is 4.90 Å². The third kappa shape index (κ3) is 4.23. The Kier molecular flexibility index (Phi) is 5.87. The van der Waals surface area contributed by atoms with Crippen LogP contribution in [0.4, 0.5) is 15.8 Å². The number of nitrogens with zero attached hydrogens (tertiary/aromatic N) is 2. The highest BCUT2D eigenvalue weighted by molar-refractivity contribution is 7.80. The van der Waals surface area contributed by atoms with E-state index < -0.39 is 11.8 Å². The van der Waals surface area contributed by atoms with Gasteiger partial charge in [0.05, 0.1) is 11.4 Å². The van der Waals surface area contributed by atoms with E-state index in [2.05, 4.69) is 5.32 Å². The van der Waals surface area contributed by atoms with E-state index in [0.717, 1.165) is 37.1 Å². The van der Waals surface area contributed by atoms with Gasteiger partial charge in [-0.15, -0.1) is 0 Å². The molecule has 2 aromatic carbocycles. The number of nitrogens with one attached hydrogen (secondary N) is 1. The van der Waals surface area contributed by atoms with E-state index >= 15 is 0 Å². The van der Waals surface area contributed by atoms with E-state index in [0.29, 0.717) is 16.9 Å². The van der Waals surface area contributed by atoms with Gasteiger partial charge in [-0.05, 0) is 80.7 Å². The van der Waals surface area contributed by atoms with Gasteiger partial charge >= 0.3 is 0 Å². The number of thiocarbonyl (C=S) groups is 1. The van der Waals surface area contributed by atoms with Gasteiger partial charge in [0, 0.05) is 13.1 Å². The summed E-state index contributed by atoms with van der Waals surface area (Å²) in [5.41, 5.74) is 3.45. The zero-order valence-electron chi connectivity index (χ0n) is 17.6. The van der Waals surface area contributed by atoms with E-state index in [1.165, 1.54) is 23.5 Å². The summed E-state index contributed by atoms with van der Waals surface area (Å²) in [6.45, 7) is 5.51. The quantitative estimate of drug-likeness (QED) is 0.443. The number of carbonyl (C=O) groups is 2. The lowest BCUT2D eigenvalue weighted by Crippen LogP contribution is -2.54. The summed E-state index contributed by atoms with van der Waals surface area (Å²) in [7, 11) is 0. The minimum Gasteiger partial charge on any atom is -0.369 e. The van der Waals surface area contributed by atoms with Crippen LogP contribution in [0.5, 0.6) is 0 Å². The molecule has 0 unspecified atom stereocenters. The largest absolute Gasteiger partial charge is 0.369 e. The standard InChI is InChI=1S/C24H24FN3O2S/c1-15-6-8-20(16(2)12-15)28-23(30)18(22(29)26-24(28)31)13-17-7-9-21(19(25)14-17)27-10-4-3-5-11-27/h6-9,12-14H,3-5,10-11H2,1-2H3,(H,26,29,31)/b18-13+. The minimum atomic E-state index is -0.587. The Balaban J connectivity index is 1.66. The van der Waals surface area contributed by atoms with Crippen molar-refractivity contribution in [1.29, 1.82) is 0 Å². The average Bonchev–Trinajstić information content (AvgIpc) is 2.73. The molecule has 2 aromatic rings. The Morgan fingerprint density at radius 1 is 1.00 bits per heavy atom. The maximum atomic E-state index is 14.8. The maximum Gasteiger partial charge on any atom is 0.270 e. The first-order valence-electron chi connectivity index (χ1n) is 10.4. The summed E-state index contributed by atoms with van der Waals surface area (Å²) in [5, 5.41) is 2.61. The maximum absolute atomic E-state index is 14.8. The molecule has 2 amide bonds. The molecule has 2 aliphatic rings. The summed E-state index contributed by atoms with van der Waals surface area (Å²) in [4.78, 5) is 29.1. The number of amides is 2. The van der Waals surface area contributed by atoms with Crippen LogP contribution >= 0.6 is 12.2 Å². The van der Waals surface area contributed by atoms with Crippen LogP contribution in [0.2, 0.25) is 0 Å². The van der Waals surface area contributed by atoms with Crippen molar-refractivity contribution in [2.45, 2.75) is 33.1 Å². The predicted octanol–water partition coefficient (Wildman–Crippen LogP) is 4.26. The molecular formula is C24H24FN3O2S. The Hall–Kier alpha value is -3.06. The van der Waals surface area contributed by atoms with Crippen molar-refractivity contribution in [2.75, 3.05) is 22.9 Å². The Morgan fingerprint density at radius 3 is 2.39 bits per heavy atom. The van der Waals surface area contributed by atoms with E-state index in [1.807, 2.05) is 30.9 Å². The van der Waals surface area contributed by atoms with E-state index in [-0.39, 0.29) is 16.5 Å². The first-order valence-corrected chi connectivity index (χ1v) is 10.8. The molecule has 0 bridgehead atoms. The lowest BCUT2D eigenvalue weighted by atomic mass is 10.0. The van der Waals surface area contributed by atoms with Gasteiger partial charge in [0.15, 0.2) is 5.11 Å². The first-order chi connectivity index (χ1) is 14.8. The van der Waals surface area contributed by atoms with Crippen LogP contribution in [-0.4, -0.2) is 30.0 Å². The molecule has 0 aliphatic carbocycles. The number of carbonyl (C=O) groups excluding carboxylic acids is 2. The van der Waals surface area contributed by atoms with Gasteiger partial charge in [-0.1, -0.05) is 23.8 Å². The third-order valence-corrected chi connectivity index (χ3v) is 5.96. The molecule has 160 valence electrons. The van der Waals surface area contributed by atoms with Crippen molar-refractivity contribution in [3.8, 4) is 0 Å². The second kappa shape index (κ2) is 8.59. The zero-order valence-corrected chi connectivity index (χ0v) is 18.4. The summed E-state index contributed by atoms with van der Waals surface area (Å²) >= 11 is 5.26. The van der Waals surface area contributed by atoms with E-state index in [1.54, 1.807) is 18.2 Å². The van der Waals surface area contributed by atoms with Gasteiger partial charge in [-0.3, -0.25) is 19.8 Å². The SMILES string of the molecule is Cc1ccc(N2C(=O)/C(=C/c3ccc(N4CCCCC4)c(F)c3)C(=O)NC2=S)c(C)c1. The van der Waals surface area contributed by atoms with Crippen LogP contribution in [0.1, 0.15) is 36.0 Å². The molecule has 2 saturated heterocycles. The van der Waals surface area contributed by atoms with Gasteiger partial charge in [0.1, 0.15) is 11.4 Å². The molecule has 0 atom stereocenters. The Bertz CT molecular complexity index is 1110. The molecule has 31 heavy (non-hydrogen) atoms. The average molecular weight is 438 g/mol. The van der Waals surface area contributed by atoms with Crippen molar-refractivity contribution in [3.63, 3.8) is 0 Å². The number of rotatable bonds is 3. The fourth-order valence-electron chi connectivity index (χ4n) is 4.10. The second-order valence-corrected chi connectivity index (χ2v) is 8.39. The Morgan fingerprint density at radius 2 is 1.71 bits per heavy atom. The van der Waals surface area contributed by atoms with Crippen LogP contribution in [0, 0.1) is 19.7 Å². The molecule has 5 nitrogen and oxygen atoms in total. The number of hydrogen-bond acceptors (Lipinski definition) is 4. The molecular weight excluding hydrogens is 413 g/mol. The summed E-state index contributed by atoms with van der Waals surface area (Å²) < 4.78 is 14.8. The first kappa shape index (κ1) is 21.2. The number of halogens is 1. The fraction of sp³-hybridized carbons (Fsp3) is 0.292. The molecule has 2 aliphatic heterocycles. The van der Waals surface area contributed by atoms with Crippen molar-refractivity contribution in [2.24, 2.45) is 0 Å². The molecule has 0 radical (unpaired) electrons. The topological polar surface area (TPSA) is 52.7 Å². The number of benzene rings is 2. The molecule has 0 saturated carbocycles. The van der Waals surface area contributed by atoms with Crippen LogP contribution in [-0.2, 0) is 9.59 Å². The predicted molar refractivity (Wildman–Crippen MR) is 125 cm³/mol. The lowest BCUT2D eigenvalue weighted by Gasteiger charge is -2.30. The van der Waals surface area contributed by atoms with Gasteiger partial charge in [0.25, 0.3) is 11.8 Å². The summed E-state index contributed by atoms with van der Waals surface area (Å²) in [6, 6.07) is 10.4. The number of anilines is 2. The van der Waals surface area contributed by atoms with Crippen molar-refractivity contribution < 1.29 is 14.0 Å². The van der Waals surface area contributed by atoms with Crippen LogP contribution in [0.15, 0.2) is 42.0 Å². The van der Waals surface area contributed by atoms with E-state index in [4.69, 9.17) is 12.2 Å². The van der Waals surface area contributed by atoms with Crippen molar-refractivity contribution in [1.82, 2.24) is 5.32 Å². The highest BCUT2D eigenvalue weighted by atomic mass is 32.1. The van der Waals surface area contributed by atoms with Gasteiger partial charge in [-0.25, -0.2) is 4.39 Å². The normalized spacial score (nSPS) is 18.5. The molecule has 7 heteroatoms. The Labute approximate surface area is 186 Å². The van der Waals surface area contributed by atoms with Crippen molar-refractivity contribution >= 4 is 46.6 Å². The molecule has 2 heterocycles. The molecule has 0 aromatic heterocycles.